The molecule has 3 heteroatoms. The quantitative estimate of drug-likeness (QED) is 0.793. The number of amides is 1. The molecule has 2 rings (SSSR count). The molecule has 1 aromatic carbocycles. The first-order chi connectivity index (χ1) is 8.11. The van der Waals surface area contributed by atoms with E-state index >= 15 is 0 Å². The van der Waals surface area contributed by atoms with Crippen molar-refractivity contribution in [2.24, 2.45) is 5.92 Å². The highest BCUT2D eigenvalue weighted by Gasteiger charge is 2.28. The Morgan fingerprint density at radius 3 is 3.06 bits per heavy atom. The maximum Gasteiger partial charge on any atom is 0.243 e. The van der Waals surface area contributed by atoms with Gasteiger partial charge < -0.3 is 10.1 Å². The van der Waals surface area contributed by atoms with Crippen LogP contribution in [0.5, 0.6) is 5.75 Å². The average Bonchev–Trinajstić information content (AvgIpc) is 2.32. The van der Waals surface area contributed by atoms with Gasteiger partial charge >= 0.3 is 0 Å². The van der Waals surface area contributed by atoms with E-state index < -0.39 is 0 Å². The van der Waals surface area contributed by atoms with Gasteiger partial charge in [0.05, 0.1) is 12.6 Å². The molecular formula is C14H17NO2. The summed E-state index contributed by atoms with van der Waals surface area (Å²) in [7, 11) is 0. The number of hydrogen-bond donors (Lipinski definition) is 1. The van der Waals surface area contributed by atoms with Crippen molar-refractivity contribution in [1.82, 2.24) is 5.32 Å². The highest BCUT2D eigenvalue weighted by Crippen LogP contribution is 2.35. The van der Waals surface area contributed by atoms with Gasteiger partial charge in [0.25, 0.3) is 0 Å². The lowest BCUT2D eigenvalue weighted by atomic mass is 9.91. The minimum Gasteiger partial charge on any atom is -0.493 e. The van der Waals surface area contributed by atoms with E-state index in [-0.39, 0.29) is 17.9 Å². The van der Waals surface area contributed by atoms with Crippen LogP contribution in [0.15, 0.2) is 30.9 Å². The van der Waals surface area contributed by atoms with Crippen molar-refractivity contribution in [3.05, 3.63) is 42.0 Å². The SMILES string of the molecule is C=CC(=O)NC1c2cc(C)ccc2OCC1C. The van der Waals surface area contributed by atoms with Crippen LogP contribution >= 0.6 is 0 Å². The molecular weight excluding hydrogens is 214 g/mol. The Labute approximate surface area is 101 Å². The van der Waals surface area contributed by atoms with Crippen LogP contribution in [0.2, 0.25) is 0 Å². The molecule has 90 valence electrons. The third-order valence-corrected chi connectivity index (χ3v) is 3.05. The molecule has 0 aromatic heterocycles. The molecule has 0 saturated heterocycles. The first-order valence-corrected chi connectivity index (χ1v) is 5.78. The lowest BCUT2D eigenvalue weighted by Gasteiger charge is -2.32. The number of ether oxygens (including phenoxy) is 1. The number of rotatable bonds is 2. The Kier molecular flexibility index (Phi) is 3.18. The molecule has 0 aliphatic carbocycles. The fourth-order valence-electron chi connectivity index (χ4n) is 2.10. The average molecular weight is 231 g/mol. The van der Waals surface area contributed by atoms with Gasteiger partial charge in [-0.05, 0) is 19.1 Å². The fourth-order valence-corrected chi connectivity index (χ4v) is 2.10. The largest absolute Gasteiger partial charge is 0.493 e. The minimum absolute atomic E-state index is 0.00384. The number of nitrogens with one attached hydrogen (secondary N) is 1. The van der Waals surface area contributed by atoms with Crippen LogP contribution in [0.25, 0.3) is 0 Å². The lowest BCUT2D eigenvalue weighted by molar-refractivity contribution is -0.117. The predicted octanol–water partition coefficient (Wildman–Crippen LogP) is 2.37. The number of carbonyl (C=O) groups excluding carboxylic acids is 1. The molecule has 17 heavy (non-hydrogen) atoms. The summed E-state index contributed by atoms with van der Waals surface area (Å²) in [6.07, 6.45) is 1.30. The van der Waals surface area contributed by atoms with Gasteiger partial charge in [0.2, 0.25) is 5.91 Å². The van der Waals surface area contributed by atoms with Gasteiger partial charge in [0, 0.05) is 11.5 Å². The van der Waals surface area contributed by atoms with E-state index in [1.165, 1.54) is 11.6 Å². The zero-order valence-electron chi connectivity index (χ0n) is 10.2. The standard InChI is InChI=1S/C14H17NO2/c1-4-13(16)15-14-10(3)8-17-12-6-5-9(2)7-11(12)14/h4-7,10,14H,1,8H2,2-3H3,(H,15,16). The molecule has 2 atom stereocenters. The second-order valence-electron chi connectivity index (χ2n) is 4.52. The normalized spacial score (nSPS) is 22.2. The van der Waals surface area contributed by atoms with Gasteiger partial charge in [-0.1, -0.05) is 31.2 Å². The highest BCUT2D eigenvalue weighted by molar-refractivity contribution is 5.87. The second-order valence-corrected chi connectivity index (χ2v) is 4.52. The van der Waals surface area contributed by atoms with E-state index in [9.17, 15) is 4.79 Å². The van der Waals surface area contributed by atoms with Crippen LogP contribution in [-0.2, 0) is 4.79 Å². The van der Waals surface area contributed by atoms with E-state index in [0.717, 1.165) is 11.3 Å². The smallest absolute Gasteiger partial charge is 0.243 e. The molecule has 0 radical (unpaired) electrons. The Bertz CT molecular complexity index is 454. The van der Waals surface area contributed by atoms with Gasteiger partial charge in [0.15, 0.2) is 0 Å². The first kappa shape index (κ1) is 11.7. The van der Waals surface area contributed by atoms with Crippen molar-refractivity contribution in [2.75, 3.05) is 6.61 Å². The van der Waals surface area contributed by atoms with Gasteiger partial charge in [-0.15, -0.1) is 0 Å². The Hall–Kier alpha value is -1.77. The number of hydrogen-bond acceptors (Lipinski definition) is 2. The first-order valence-electron chi connectivity index (χ1n) is 5.78. The molecule has 1 aliphatic heterocycles. The van der Waals surface area contributed by atoms with E-state index in [2.05, 4.69) is 24.9 Å². The summed E-state index contributed by atoms with van der Waals surface area (Å²) in [6.45, 7) is 8.21. The molecule has 0 spiro atoms. The van der Waals surface area contributed by atoms with E-state index in [1.54, 1.807) is 0 Å². The van der Waals surface area contributed by atoms with Crippen LogP contribution in [0, 0.1) is 12.8 Å². The molecule has 1 N–H and O–H groups in total. The molecule has 0 saturated carbocycles. The monoisotopic (exact) mass is 231 g/mol. The highest BCUT2D eigenvalue weighted by atomic mass is 16.5. The summed E-state index contributed by atoms with van der Waals surface area (Å²) in [5.74, 6) is 0.979. The summed E-state index contributed by atoms with van der Waals surface area (Å²) >= 11 is 0. The third kappa shape index (κ3) is 2.33. The van der Waals surface area contributed by atoms with E-state index in [4.69, 9.17) is 4.74 Å². The Morgan fingerprint density at radius 1 is 1.59 bits per heavy atom. The summed E-state index contributed by atoms with van der Waals surface area (Å²) in [4.78, 5) is 11.5. The second kappa shape index (κ2) is 4.62. The summed E-state index contributed by atoms with van der Waals surface area (Å²) < 4.78 is 5.66. The molecule has 1 aliphatic rings. The van der Waals surface area contributed by atoms with Gasteiger partial charge in [-0.25, -0.2) is 0 Å². The number of benzene rings is 1. The molecule has 2 unspecified atom stereocenters. The van der Waals surface area contributed by atoms with E-state index in [1.807, 2.05) is 19.1 Å². The zero-order chi connectivity index (χ0) is 12.4. The van der Waals surface area contributed by atoms with Crippen molar-refractivity contribution in [1.29, 1.82) is 0 Å². The van der Waals surface area contributed by atoms with Crippen molar-refractivity contribution in [3.8, 4) is 5.75 Å². The van der Waals surface area contributed by atoms with Crippen LogP contribution in [0.4, 0.5) is 0 Å². The lowest BCUT2D eigenvalue weighted by Crippen LogP contribution is -2.36. The number of aryl methyl sites for hydroxylation is 1. The van der Waals surface area contributed by atoms with Gasteiger partial charge in [0.1, 0.15) is 5.75 Å². The van der Waals surface area contributed by atoms with Crippen molar-refractivity contribution in [2.45, 2.75) is 19.9 Å². The Balaban J connectivity index is 2.35. The number of carbonyl (C=O) groups is 1. The van der Waals surface area contributed by atoms with Crippen molar-refractivity contribution >= 4 is 5.91 Å². The maximum atomic E-state index is 11.5. The van der Waals surface area contributed by atoms with Gasteiger partial charge in [-0.2, -0.15) is 0 Å². The predicted molar refractivity (Wildman–Crippen MR) is 66.9 cm³/mol. The van der Waals surface area contributed by atoms with Gasteiger partial charge in [-0.3, -0.25) is 4.79 Å². The summed E-state index contributed by atoms with van der Waals surface area (Å²) in [5, 5.41) is 2.96. The topological polar surface area (TPSA) is 38.3 Å². The minimum atomic E-state index is -0.142. The molecule has 1 amide bonds. The number of fused-ring (bicyclic) bond motifs is 1. The Morgan fingerprint density at radius 2 is 2.35 bits per heavy atom. The summed E-state index contributed by atoms with van der Waals surface area (Å²) in [6, 6.07) is 6.05. The van der Waals surface area contributed by atoms with Crippen molar-refractivity contribution < 1.29 is 9.53 Å². The third-order valence-electron chi connectivity index (χ3n) is 3.05. The molecule has 1 aromatic rings. The molecule has 0 fully saturated rings. The van der Waals surface area contributed by atoms with Crippen LogP contribution < -0.4 is 10.1 Å². The maximum absolute atomic E-state index is 11.5. The van der Waals surface area contributed by atoms with E-state index in [0.29, 0.717) is 6.61 Å². The fraction of sp³-hybridized carbons (Fsp3) is 0.357. The van der Waals surface area contributed by atoms with Crippen molar-refractivity contribution in [3.63, 3.8) is 0 Å². The van der Waals surface area contributed by atoms with Crippen LogP contribution in [0.1, 0.15) is 24.1 Å². The summed E-state index contributed by atoms with van der Waals surface area (Å²) in [5.41, 5.74) is 2.22. The molecule has 0 bridgehead atoms. The molecule has 1 heterocycles. The van der Waals surface area contributed by atoms with Crippen LogP contribution in [-0.4, -0.2) is 12.5 Å². The zero-order valence-corrected chi connectivity index (χ0v) is 10.2. The molecule has 3 nitrogen and oxygen atoms in total. The van der Waals surface area contributed by atoms with Crippen LogP contribution in [0.3, 0.4) is 0 Å².